The second kappa shape index (κ2) is 11.0. The number of sulfonamides is 1. The van der Waals surface area contributed by atoms with Gasteiger partial charge in [-0.05, 0) is 51.8 Å². The molecule has 38 heavy (non-hydrogen) atoms. The van der Waals surface area contributed by atoms with E-state index in [2.05, 4.69) is 26.3 Å². The maximum Gasteiger partial charge on any atom is 0.351 e. The number of halogens is 2. The predicted molar refractivity (Wildman–Crippen MR) is 146 cm³/mol. The van der Waals surface area contributed by atoms with Crippen molar-refractivity contribution in [2.75, 3.05) is 5.32 Å². The van der Waals surface area contributed by atoms with Crippen LogP contribution in [0.5, 0.6) is 0 Å². The van der Waals surface area contributed by atoms with E-state index in [1.807, 2.05) is 6.92 Å². The van der Waals surface area contributed by atoms with Crippen LogP contribution in [-0.4, -0.2) is 28.7 Å². The average Bonchev–Trinajstić information content (AvgIpc) is 3.20. The SMILES string of the molecule is CCC(=O)Nc1ccc(Br)c(-n2nc(CC)n(Cc3ccc(-c4ccccc4S(N)(=O)=O)cc3F)c2=O)c1. The van der Waals surface area contributed by atoms with Crippen molar-refractivity contribution in [3.05, 3.63) is 92.8 Å². The molecule has 0 aliphatic rings. The van der Waals surface area contributed by atoms with Gasteiger partial charge in [0.25, 0.3) is 0 Å². The Morgan fingerprint density at radius 2 is 1.84 bits per heavy atom. The minimum absolute atomic E-state index is 0.0885. The van der Waals surface area contributed by atoms with E-state index in [0.717, 1.165) is 0 Å². The van der Waals surface area contributed by atoms with E-state index in [9.17, 15) is 18.0 Å². The van der Waals surface area contributed by atoms with Crippen LogP contribution in [0.3, 0.4) is 0 Å². The Hall–Kier alpha value is -3.61. The topological polar surface area (TPSA) is 129 Å². The fourth-order valence-electron chi connectivity index (χ4n) is 3.98. The van der Waals surface area contributed by atoms with Crippen molar-refractivity contribution in [3.8, 4) is 16.8 Å². The zero-order valence-electron chi connectivity index (χ0n) is 20.6. The van der Waals surface area contributed by atoms with Gasteiger partial charge >= 0.3 is 5.69 Å². The Morgan fingerprint density at radius 3 is 2.50 bits per heavy atom. The molecule has 0 spiro atoms. The van der Waals surface area contributed by atoms with Crippen LogP contribution < -0.4 is 16.1 Å². The molecule has 3 aromatic carbocycles. The second-order valence-corrected chi connectivity index (χ2v) is 10.8. The third-order valence-electron chi connectivity index (χ3n) is 5.92. The number of benzene rings is 3. The van der Waals surface area contributed by atoms with Gasteiger partial charge in [0.05, 0.1) is 17.1 Å². The van der Waals surface area contributed by atoms with E-state index >= 15 is 4.39 Å². The summed E-state index contributed by atoms with van der Waals surface area (Å²) in [4.78, 5) is 25.1. The second-order valence-electron chi connectivity index (χ2n) is 8.47. The molecule has 9 nitrogen and oxygen atoms in total. The number of hydrogen-bond acceptors (Lipinski definition) is 5. The molecule has 0 atom stereocenters. The molecule has 4 aromatic rings. The Labute approximate surface area is 227 Å². The lowest BCUT2D eigenvalue weighted by molar-refractivity contribution is -0.115. The van der Waals surface area contributed by atoms with Gasteiger partial charge in [0.15, 0.2) is 0 Å². The van der Waals surface area contributed by atoms with Crippen LogP contribution in [0, 0.1) is 5.82 Å². The number of carbonyl (C=O) groups is 1. The van der Waals surface area contributed by atoms with Gasteiger partial charge in [0, 0.05) is 34.1 Å². The molecule has 0 radical (unpaired) electrons. The molecule has 3 N–H and O–H groups in total. The minimum atomic E-state index is -4.01. The maximum atomic E-state index is 15.2. The van der Waals surface area contributed by atoms with E-state index in [4.69, 9.17) is 5.14 Å². The van der Waals surface area contributed by atoms with Gasteiger partial charge < -0.3 is 5.32 Å². The monoisotopic (exact) mass is 601 g/mol. The van der Waals surface area contributed by atoms with E-state index in [1.54, 1.807) is 43.3 Å². The Balaban J connectivity index is 1.72. The third kappa shape index (κ3) is 5.62. The number of aromatic nitrogens is 3. The minimum Gasteiger partial charge on any atom is -0.326 e. The highest BCUT2D eigenvalue weighted by Crippen LogP contribution is 2.28. The first-order chi connectivity index (χ1) is 18.0. The lowest BCUT2D eigenvalue weighted by atomic mass is 10.0. The van der Waals surface area contributed by atoms with Crippen LogP contribution in [0.1, 0.15) is 31.7 Å². The summed E-state index contributed by atoms with van der Waals surface area (Å²) < 4.78 is 42.4. The summed E-state index contributed by atoms with van der Waals surface area (Å²) >= 11 is 3.44. The standard InChI is InChI=1S/C26H25BrFN5O4S/c1-3-24-31-33(22-14-18(11-12-20(22)27)30-25(34)4-2)26(35)32(24)15-17-10-9-16(13-21(17)28)19-7-5-6-8-23(19)38(29,36)37/h5-14H,3-4,15H2,1-2H3,(H,30,34)(H2,29,36,37). The first-order valence-electron chi connectivity index (χ1n) is 11.7. The van der Waals surface area contributed by atoms with Crippen molar-refractivity contribution in [1.29, 1.82) is 0 Å². The molecule has 0 aliphatic heterocycles. The van der Waals surface area contributed by atoms with E-state index < -0.39 is 21.5 Å². The molecule has 198 valence electrons. The molecular weight excluding hydrogens is 577 g/mol. The van der Waals surface area contributed by atoms with E-state index in [-0.39, 0.29) is 28.5 Å². The smallest absolute Gasteiger partial charge is 0.326 e. The van der Waals surface area contributed by atoms with Crippen LogP contribution in [0.4, 0.5) is 10.1 Å². The lowest BCUT2D eigenvalue weighted by Gasteiger charge is -2.11. The first kappa shape index (κ1) is 27.4. The van der Waals surface area contributed by atoms with Crippen molar-refractivity contribution in [2.24, 2.45) is 5.14 Å². The largest absolute Gasteiger partial charge is 0.351 e. The van der Waals surface area contributed by atoms with Crippen molar-refractivity contribution in [3.63, 3.8) is 0 Å². The molecule has 0 unspecified atom stereocenters. The number of primary sulfonamides is 1. The fraction of sp³-hybridized carbons (Fsp3) is 0.192. The van der Waals surface area contributed by atoms with Gasteiger partial charge in [-0.3, -0.25) is 9.36 Å². The van der Waals surface area contributed by atoms with Crippen LogP contribution in [0.2, 0.25) is 0 Å². The number of nitrogens with zero attached hydrogens (tertiary/aromatic N) is 3. The molecule has 0 bridgehead atoms. The fourth-order valence-corrected chi connectivity index (χ4v) is 5.16. The van der Waals surface area contributed by atoms with E-state index in [0.29, 0.717) is 40.1 Å². The molecule has 0 fully saturated rings. The first-order valence-corrected chi connectivity index (χ1v) is 14.1. The van der Waals surface area contributed by atoms with Gasteiger partial charge in [-0.25, -0.2) is 22.7 Å². The number of hydrogen-bond donors (Lipinski definition) is 2. The molecular formula is C26H25BrFN5O4S. The zero-order valence-corrected chi connectivity index (χ0v) is 23.0. The number of rotatable bonds is 8. The predicted octanol–water partition coefficient (Wildman–Crippen LogP) is 4.21. The summed E-state index contributed by atoms with van der Waals surface area (Å²) in [6.45, 7) is 3.48. The van der Waals surface area contributed by atoms with Crippen LogP contribution in [-0.2, 0) is 27.8 Å². The number of nitrogens with two attached hydrogens (primary N) is 1. The highest BCUT2D eigenvalue weighted by atomic mass is 79.9. The maximum absolute atomic E-state index is 15.2. The molecule has 12 heteroatoms. The van der Waals surface area contributed by atoms with Gasteiger partial charge in [-0.15, -0.1) is 5.10 Å². The van der Waals surface area contributed by atoms with Crippen molar-refractivity contribution >= 4 is 37.5 Å². The Morgan fingerprint density at radius 1 is 1.11 bits per heavy atom. The molecule has 0 saturated carbocycles. The van der Waals surface area contributed by atoms with Crippen LogP contribution in [0.15, 0.2) is 74.8 Å². The summed E-state index contributed by atoms with van der Waals surface area (Å²) in [5.74, 6) is -0.345. The summed E-state index contributed by atoms with van der Waals surface area (Å²) in [6.07, 6.45) is 0.714. The number of aryl methyl sites for hydroxylation is 1. The summed E-state index contributed by atoms with van der Waals surface area (Å²) in [5, 5.41) is 12.5. The number of nitrogens with one attached hydrogen (secondary N) is 1. The zero-order chi connectivity index (χ0) is 27.6. The van der Waals surface area contributed by atoms with E-state index in [1.165, 1.54) is 33.5 Å². The van der Waals surface area contributed by atoms with Gasteiger partial charge in [-0.2, -0.15) is 4.68 Å². The summed E-state index contributed by atoms with van der Waals surface area (Å²) in [7, 11) is -4.01. The van der Waals surface area contributed by atoms with Gasteiger partial charge in [-0.1, -0.05) is 44.2 Å². The number of carbonyl (C=O) groups excluding carboxylic acids is 1. The Kier molecular flexibility index (Phi) is 7.95. The molecule has 1 heterocycles. The summed E-state index contributed by atoms with van der Waals surface area (Å²) in [6, 6.07) is 15.4. The highest BCUT2D eigenvalue weighted by molar-refractivity contribution is 9.10. The number of anilines is 1. The summed E-state index contributed by atoms with van der Waals surface area (Å²) in [5.41, 5.74) is 1.29. The van der Waals surface area contributed by atoms with Gasteiger partial charge in [0.1, 0.15) is 11.6 Å². The molecule has 0 saturated heterocycles. The highest BCUT2D eigenvalue weighted by Gasteiger charge is 2.19. The number of amides is 1. The quantitative estimate of drug-likeness (QED) is 0.312. The molecule has 0 aliphatic carbocycles. The molecule has 4 rings (SSSR count). The lowest BCUT2D eigenvalue weighted by Crippen LogP contribution is -2.25. The average molecular weight is 602 g/mol. The van der Waals surface area contributed by atoms with Crippen molar-refractivity contribution in [2.45, 2.75) is 38.1 Å². The Bertz CT molecular complexity index is 1700. The van der Waals surface area contributed by atoms with Gasteiger partial charge in [0.2, 0.25) is 15.9 Å². The van der Waals surface area contributed by atoms with Crippen LogP contribution >= 0.6 is 15.9 Å². The third-order valence-corrected chi connectivity index (χ3v) is 7.56. The van der Waals surface area contributed by atoms with Crippen molar-refractivity contribution in [1.82, 2.24) is 14.3 Å². The molecule has 1 amide bonds. The normalized spacial score (nSPS) is 11.5. The van der Waals surface area contributed by atoms with Crippen LogP contribution in [0.25, 0.3) is 16.8 Å². The van der Waals surface area contributed by atoms with Crippen molar-refractivity contribution < 1.29 is 17.6 Å². The molecule has 1 aromatic heterocycles.